The molecule has 2 N–H and O–H groups in total. The molecule has 18 heavy (non-hydrogen) atoms. The van der Waals surface area contributed by atoms with Crippen molar-refractivity contribution in [2.24, 2.45) is 5.92 Å². The number of H-pyrrole nitrogens is 1. The van der Waals surface area contributed by atoms with Gasteiger partial charge in [-0.25, -0.2) is 0 Å². The fourth-order valence-electron chi connectivity index (χ4n) is 2.58. The summed E-state index contributed by atoms with van der Waals surface area (Å²) >= 11 is 0. The number of hydrogen-bond donors (Lipinski definition) is 2. The third-order valence-electron chi connectivity index (χ3n) is 3.57. The van der Waals surface area contributed by atoms with E-state index in [1.165, 1.54) is 18.7 Å². The Kier molecular flexibility index (Phi) is 3.84. The molecule has 0 aliphatic heterocycles. The van der Waals surface area contributed by atoms with Crippen LogP contribution in [0.5, 0.6) is 0 Å². The zero-order valence-electron chi connectivity index (χ0n) is 11.0. The van der Waals surface area contributed by atoms with Crippen molar-refractivity contribution in [3.8, 4) is 0 Å². The van der Waals surface area contributed by atoms with E-state index in [4.69, 9.17) is 0 Å². The van der Waals surface area contributed by atoms with Gasteiger partial charge in [0.2, 0.25) is 0 Å². The number of hydrogen-bond acceptors (Lipinski definition) is 2. The van der Waals surface area contributed by atoms with Crippen LogP contribution >= 0.6 is 0 Å². The number of pyridine rings is 1. The number of carbonyl (C=O) groups is 1. The summed E-state index contributed by atoms with van der Waals surface area (Å²) in [6.07, 6.45) is 5.91. The Morgan fingerprint density at radius 3 is 2.89 bits per heavy atom. The molecular formula is C14H20N2O2. The third kappa shape index (κ3) is 3.00. The van der Waals surface area contributed by atoms with E-state index in [9.17, 15) is 9.59 Å². The van der Waals surface area contributed by atoms with E-state index in [2.05, 4.69) is 17.2 Å². The highest BCUT2D eigenvalue weighted by atomic mass is 16.2. The molecular weight excluding hydrogens is 228 g/mol. The van der Waals surface area contributed by atoms with E-state index < -0.39 is 0 Å². The average Bonchev–Trinajstić information content (AvgIpc) is 2.28. The van der Waals surface area contributed by atoms with Gasteiger partial charge >= 0.3 is 0 Å². The topological polar surface area (TPSA) is 62.0 Å². The van der Waals surface area contributed by atoms with Gasteiger partial charge < -0.3 is 10.3 Å². The lowest BCUT2D eigenvalue weighted by Gasteiger charge is -2.27. The molecule has 1 amide bonds. The van der Waals surface area contributed by atoms with Gasteiger partial charge in [0.05, 0.1) is 0 Å². The van der Waals surface area contributed by atoms with Gasteiger partial charge in [-0.2, -0.15) is 0 Å². The molecule has 1 aromatic heterocycles. The van der Waals surface area contributed by atoms with Crippen molar-refractivity contribution >= 4 is 5.91 Å². The Bertz CT molecular complexity index is 493. The van der Waals surface area contributed by atoms with Gasteiger partial charge in [0.25, 0.3) is 5.91 Å². The molecule has 1 saturated carbocycles. The zero-order valence-corrected chi connectivity index (χ0v) is 11.0. The van der Waals surface area contributed by atoms with Gasteiger partial charge in [-0.15, -0.1) is 0 Å². The van der Waals surface area contributed by atoms with Gasteiger partial charge in [-0.05, 0) is 25.7 Å². The lowest BCUT2D eigenvalue weighted by Crippen LogP contribution is -2.39. The molecule has 2 atom stereocenters. The van der Waals surface area contributed by atoms with E-state index in [-0.39, 0.29) is 22.9 Å². The molecule has 0 spiro atoms. The molecule has 1 aliphatic rings. The van der Waals surface area contributed by atoms with Crippen LogP contribution in [0.4, 0.5) is 0 Å². The van der Waals surface area contributed by atoms with Crippen molar-refractivity contribution in [1.29, 1.82) is 0 Å². The van der Waals surface area contributed by atoms with Gasteiger partial charge in [0.15, 0.2) is 5.43 Å². The van der Waals surface area contributed by atoms with Crippen LogP contribution in [0.25, 0.3) is 0 Å². The smallest absolute Gasteiger partial charge is 0.256 e. The van der Waals surface area contributed by atoms with Crippen LogP contribution in [0.1, 0.15) is 48.7 Å². The first-order chi connectivity index (χ1) is 8.56. The van der Waals surface area contributed by atoms with Crippen LogP contribution in [-0.2, 0) is 0 Å². The first-order valence-electron chi connectivity index (χ1n) is 6.56. The Hall–Kier alpha value is -1.58. The molecule has 1 aliphatic carbocycles. The fourth-order valence-corrected chi connectivity index (χ4v) is 2.58. The van der Waals surface area contributed by atoms with Crippen molar-refractivity contribution in [2.45, 2.75) is 45.6 Å². The third-order valence-corrected chi connectivity index (χ3v) is 3.57. The molecule has 4 nitrogen and oxygen atoms in total. The summed E-state index contributed by atoms with van der Waals surface area (Å²) in [6.45, 7) is 4.00. The number of nitrogens with one attached hydrogen (secondary N) is 2. The van der Waals surface area contributed by atoms with Crippen LogP contribution in [0.15, 0.2) is 17.1 Å². The molecule has 1 aromatic rings. The molecule has 0 aromatic carbocycles. The average molecular weight is 248 g/mol. The number of aromatic amines is 1. The highest BCUT2D eigenvalue weighted by Crippen LogP contribution is 2.23. The Morgan fingerprint density at radius 2 is 2.22 bits per heavy atom. The van der Waals surface area contributed by atoms with Crippen LogP contribution in [0.2, 0.25) is 0 Å². The molecule has 0 radical (unpaired) electrons. The minimum Gasteiger partial charge on any atom is -0.364 e. The molecule has 1 fully saturated rings. The Morgan fingerprint density at radius 1 is 1.44 bits per heavy atom. The van der Waals surface area contributed by atoms with Gasteiger partial charge in [-0.1, -0.05) is 19.8 Å². The summed E-state index contributed by atoms with van der Waals surface area (Å²) in [5, 5.41) is 2.97. The van der Waals surface area contributed by atoms with E-state index in [0.29, 0.717) is 5.92 Å². The van der Waals surface area contributed by atoms with E-state index in [1.807, 2.05) is 0 Å². The first-order valence-corrected chi connectivity index (χ1v) is 6.56. The first kappa shape index (κ1) is 12.9. The van der Waals surface area contributed by atoms with Crippen LogP contribution in [0.3, 0.4) is 0 Å². The maximum Gasteiger partial charge on any atom is 0.256 e. The van der Waals surface area contributed by atoms with E-state index >= 15 is 0 Å². The molecule has 2 rings (SSSR count). The minimum absolute atomic E-state index is 0.207. The molecule has 98 valence electrons. The summed E-state index contributed by atoms with van der Waals surface area (Å²) in [6, 6.07) is 1.67. The molecule has 0 bridgehead atoms. The summed E-state index contributed by atoms with van der Waals surface area (Å²) in [5.74, 6) is 0.399. The fraction of sp³-hybridized carbons (Fsp3) is 0.571. The van der Waals surface area contributed by atoms with Gasteiger partial charge in [-0.3, -0.25) is 9.59 Å². The number of amides is 1. The maximum absolute atomic E-state index is 12.0. The standard InChI is InChI=1S/C14H20N2O2/c1-9-4-3-5-11(6-9)16-14(18)12-8-15-10(2)7-13(12)17/h7-9,11H,3-6H2,1-2H3,(H,15,17)(H,16,18). The minimum atomic E-state index is -0.254. The van der Waals surface area contributed by atoms with E-state index in [1.54, 1.807) is 6.92 Å². The van der Waals surface area contributed by atoms with Crippen molar-refractivity contribution < 1.29 is 4.79 Å². The monoisotopic (exact) mass is 248 g/mol. The Balaban J connectivity index is 2.05. The van der Waals surface area contributed by atoms with Gasteiger partial charge in [0, 0.05) is 24.0 Å². The SMILES string of the molecule is Cc1cc(=O)c(C(=O)NC2CCCC(C)C2)c[nH]1. The lowest BCUT2D eigenvalue weighted by atomic mass is 9.87. The van der Waals surface area contributed by atoms with Crippen LogP contribution in [0, 0.1) is 12.8 Å². The predicted molar refractivity (Wildman–Crippen MR) is 70.7 cm³/mol. The summed E-state index contributed by atoms with van der Waals surface area (Å²) in [4.78, 5) is 26.6. The summed E-state index contributed by atoms with van der Waals surface area (Å²) in [5.41, 5.74) is 0.759. The van der Waals surface area contributed by atoms with Crippen LogP contribution < -0.4 is 10.7 Å². The second-order valence-corrected chi connectivity index (χ2v) is 5.34. The summed E-state index contributed by atoms with van der Waals surface area (Å²) < 4.78 is 0. The van der Waals surface area contributed by atoms with Crippen molar-refractivity contribution in [1.82, 2.24) is 10.3 Å². The normalized spacial score (nSPS) is 23.7. The number of aryl methyl sites for hydroxylation is 1. The molecule has 4 heteroatoms. The zero-order chi connectivity index (χ0) is 13.1. The maximum atomic E-state index is 12.0. The molecule has 1 heterocycles. The van der Waals surface area contributed by atoms with Crippen molar-refractivity contribution in [3.63, 3.8) is 0 Å². The second kappa shape index (κ2) is 5.38. The highest BCUT2D eigenvalue weighted by Gasteiger charge is 2.21. The predicted octanol–water partition coefficient (Wildman–Crippen LogP) is 1.99. The number of aromatic nitrogens is 1. The number of rotatable bonds is 2. The summed E-state index contributed by atoms with van der Waals surface area (Å²) in [7, 11) is 0. The van der Waals surface area contributed by atoms with Crippen molar-refractivity contribution in [3.05, 3.63) is 33.7 Å². The molecule has 2 unspecified atom stereocenters. The second-order valence-electron chi connectivity index (χ2n) is 5.34. The van der Waals surface area contributed by atoms with Gasteiger partial charge in [0.1, 0.15) is 5.56 Å². The number of carbonyl (C=O) groups excluding carboxylic acids is 1. The van der Waals surface area contributed by atoms with Crippen molar-refractivity contribution in [2.75, 3.05) is 0 Å². The Labute approximate surface area is 107 Å². The lowest BCUT2D eigenvalue weighted by molar-refractivity contribution is 0.0920. The van der Waals surface area contributed by atoms with E-state index in [0.717, 1.165) is 25.0 Å². The van der Waals surface area contributed by atoms with Crippen LogP contribution in [-0.4, -0.2) is 16.9 Å². The largest absolute Gasteiger partial charge is 0.364 e. The quantitative estimate of drug-likeness (QED) is 0.840. The highest BCUT2D eigenvalue weighted by molar-refractivity contribution is 5.93. The molecule has 0 saturated heterocycles.